The molecular formula is C14H18ClN3OS. The van der Waals surface area contributed by atoms with E-state index in [2.05, 4.69) is 16.5 Å². The number of halogens is 1. The zero-order valence-corrected chi connectivity index (χ0v) is 13.2. The second-order valence-electron chi connectivity index (χ2n) is 4.60. The van der Waals surface area contributed by atoms with Crippen LogP contribution in [-0.2, 0) is 12.8 Å². The van der Waals surface area contributed by atoms with Gasteiger partial charge >= 0.3 is 0 Å². The van der Waals surface area contributed by atoms with E-state index < -0.39 is 0 Å². The summed E-state index contributed by atoms with van der Waals surface area (Å²) >= 11 is 7.42. The van der Waals surface area contributed by atoms with Crippen LogP contribution in [0.1, 0.15) is 35.5 Å². The molecular weight excluding hydrogens is 294 g/mol. The van der Waals surface area contributed by atoms with Gasteiger partial charge in [-0.15, -0.1) is 5.10 Å². The predicted molar refractivity (Wildman–Crippen MR) is 82.5 cm³/mol. The summed E-state index contributed by atoms with van der Waals surface area (Å²) in [7, 11) is 1.65. The van der Waals surface area contributed by atoms with Gasteiger partial charge in [0.25, 0.3) is 0 Å². The first-order valence-corrected chi connectivity index (χ1v) is 7.70. The summed E-state index contributed by atoms with van der Waals surface area (Å²) in [5, 5.41) is 4.84. The maximum absolute atomic E-state index is 6.31. The van der Waals surface area contributed by atoms with Gasteiger partial charge in [-0.25, -0.2) is 0 Å². The van der Waals surface area contributed by atoms with Gasteiger partial charge in [0.2, 0.25) is 0 Å². The molecule has 2 N–H and O–H groups in total. The minimum Gasteiger partial charge on any atom is -0.496 e. The van der Waals surface area contributed by atoms with E-state index in [-0.39, 0.29) is 6.04 Å². The van der Waals surface area contributed by atoms with Gasteiger partial charge in [-0.2, -0.15) is 0 Å². The molecule has 0 amide bonds. The molecule has 0 saturated carbocycles. The molecule has 0 aliphatic rings. The fourth-order valence-electron chi connectivity index (χ4n) is 2.14. The predicted octanol–water partition coefficient (Wildman–Crippen LogP) is 3.40. The molecule has 108 valence electrons. The summed E-state index contributed by atoms with van der Waals surface area (Å²) in [6.07, 6.45) is 2.60. The Labute approximate surface area is 128 Å². The Hall–Kier alpha value is -1.17. The van der Waals surface area contributed by atoms with Crippen LogP contribution in [0.5, 0.6) is 5.75 Å². The monoisotopic (exact) mass is 311 g/mol. The molecule has 0 aliphatic carbocycles. The van der Waals surface area contributed by atoms with E-state index in [0.717, 1.165) is 34.7 Å². The molecule has 2 rings (SSSR count). The minimum atomic E-state index is -0.135. The number of methoxy groups -OCH3 is 1. The number of hydrogen-bond acceptors (Lipinski definition) is 5. The zero-order valence-electron chi connectivity index (χ0n) is 11.6. The average molecular weight is 312 g/mol. The van der Waals surface area contributed by atoms with E-state index in [1.54, 1.807) is 7.11 Å². The topological polar surface area (TPSA) is 61.0 Å². The van der Waals surface area contributed by atoms with Gasteiger partial charge in [0.15, 0.2) is 0 Å². The highest BCUT2D eigenvalue weighted by Crippen LogP contribution is 2.29. The minimum absolute atomic E-state index is 0.135. The van der Waals surface area contributed by atoms with E-state index >= 15 is 0 Å². The van der Waals surface area contributed by atoms with Crippen molar-refractivity contribution in [3.05, 3.63) is 39.4 Å². The molecule has 0 aliphatic heterocycles. The van der Waals surface area contributed by atoms with E-state index in [1.165, 1.54) is 11.5 Å². The van der Waals surface area contributed by atoms with Crippen LogP contribution in [0.2, 0.25) is 5.02 Å². The quantitative estimate of drug-likeness (QED) is 0.888. The molecule has 2 aromatic rings. The molecule has 4 nitrogen and oxygen atoms in total. The van der Waals surface area contributed by atoms with E-state index in [1.807, 2.05) is 18.2 Å². The Morgan fingerprint density at radius 1 is 1.45 bits per heavy atom. The number of hydrogen-bond donors (Lipinski definition) is 1. The molecule has 0 saturated heterocycles. The van der Waals surface area contributed by atoms with E-state index in [4.69, 9.17) is 22.1 Å². The molecule has 6 heteroatoms. The summed E-state index contributed by atoms with van der Waals surface area (Å²) in [4.78, 5) is 1.05. The van der Waals surface area contributed by atoms with Crippen molar-refractivity contribution in [3.63, 3.8) is 0 Å². The molecule has 1 aromatic carbocycles. The maximum Gasteiger partial charge on any atom is 0.122 e. The smallest absolute Gasteiger partial charge is 0.122 e. The summed E-state index contributed by atoms with van der Waals surface area (Å²) in [5.41, 5.74) is 8.32. The Morgan fingerprint density at radius 3 is 2.95 bits per heavy atom. The number of aryl methyl sites for hydroxylation is 1. The summed E-state index contributed by atoms with van der Waals surface area (Å²) < 4.78 is 9.37. The van der Waals surface area contributed by atoms with Crippen LogP contribution in [0.4, 0.5) is 0 Å². The van der Waals surface area contributed by atoms with Crippen LogP contribution in [0.3, 0.4) is 0 Å². The first-order chi connectivity index (χ1) is 9.65. The van der Waals surface area contributed by atoms with Crippen LogP contribution >= 0.6 is 23.1 Å². The highest BCUT2D eigenvalue weighted by atomic mass is 35.5. The number of benzene rings is 1. The maximum atomic E-state index is 6.31. The Balaban J connectivity index is 2.20. The molecule has 20 heavy (non-hydrogen) atoms. The third-order valence-electron chi connectivity index (χ3n) is 3.09. The van der Waals surface area contributed by atoms with Crippen LogP contribution in [0.25, 0.3) is 0 Å². The molecule has 0 radical (unpaired) electrons. The van der Waals surface area contributed by atoms with Crippen molar-refractivity contribution in [3.8, 4) is 5.75 Å². The van der Waals surface area contributed by atoms with Crippen molar-refractivity contribution in [2.45, 2.75) is 32.2 Å². The van der Waals surface area contributed by atoms with E-state index in [9.17, 15) is 0 Å². The summed E-state index contributed by atoms with van der Waals surface area (Å²) in [5.74, 6) is 0.805. The number of aromatic nitrogens is 2. The van der Waals surface area contributed by atoms with Crippen LogP contribution < -0.4 is 10.5 Å². The summed E-state index contributed by atoms with van der Waals surface area (Å²) in [6, 6.07) is 5.44. The van der Waals surface area contributed by atoms with Crippen molar-refractivity contribution < 1.29 is 4.74 Å². The van der Waals surface area contributed by atoms with Gasteiger partial charge in [0.1, 0.15) is 5.75 Å². The standard InChI is InChI=1S/C14H18ClN3OS/c1-3-4-12-14(20-18-17-12)11(16)8-9-7-10(15)5-6-13(9)19-2/h5-7,11H,3-4,8,16H2,1-2H3. The number of nitrogens with zero attached hydrogens (tertiary/aromatic N) is 2. The third kappa shape index (κ3) is 3.48. The largest absolute Gasteiger partial charge is 0.496 e. The normalized spacial score (nSPS) is 12.4. The lowest BCUT2D eigenvalue weighted by atomic mass is 10.0. The SMILES string of the molecule is CCCc1nnsc1C(N)Cc1cc(Cl)ccc1OC. The van der Waals surface area contributed by atoms with Crippen molar-refractivity contribution in [2.24, 2.45) is 5.73 Å². The Kier molecular flexibility index (Phi) is 5.34. The van der Waals surface area contributed by atoms with Crippen LogP contribution in [0, 0.1) is 0 Å². The molecule has 0 bridgehead atoms. The number of ether oxygens (including phenoxy) is 1. The lowest BCUT2D eigenvalue weighted by Gasteiger charge is -2.14. The van der Waals surface area contributed by atoms with Crippen molar-refractivity contribution in [1.29, 1.82) is 0 Å². The number of nitrogens with two attached hydrogens (primary N) is 1. The zero-order chi connectivity index (χ0) is 14.5. The average Bonchev–Trinajstić information content (AvgIpc) is 2.88. The molecule has 0 spiro atoms. The first kappa shape index (κ1) is 15.2. The van der Waals surface area contributed by atoms with Crippen LogP contribution in [0.15, 0.2) is 18.2 Å². The highest BCUT2D eigenvalue weighted by molar-refractivity contribution is 7.05. The summed E-state index contributed by atoms with van der Waals surface area (Å²) in [6.45, 7) is 2.12. The molecule has 0 fully saturated rings. The second kappa shape index (κ2) is 7.02. The first-order valence-electron chi connectivity index (χ1n) is 6.54. The molecule has 1 atom stereocenters. The van der Waals surface area contributed by atoms with E-state index in [0.29, 0.717) is 11.4 Å². The van der Waals surface area contributed by atoms with Crippen molar-refractivity contribution in [2.75, 3.05) is 7.11 Å². The second-order valence-corrected chi connectivity index (χ2v) is 5.82. The fraction of sp³-hybridized carbons (Fsp3) is 0.429. The van der Waals surface area contributed by atoms with Crippen molar-refractivity contribution >= 4 is 23.1 Å². The molecule has 1 aromatic heterocycles. The van der Waals surface area contributed by atoms with Gasteiger partial charge < -0.3 is 10.5 Å². The van der Waals surface area contributed by atoms with Gasteiger partial charge in [0.05, 0.1) is 17.7 Å². The van der Waals surface area contributed by atoms with Gasteiger partial charge in [0, 0.05) is 11.1 Å². The lowest BCUT2D eigenvalue weighted by Crippen LogP contribution is -2.14. The third-order valence-corrected chi connectivity index (χ3v) is 4.22. The fourth-order valence-corrected chi connectivity index (χ4v) is 3.03. The Bertz CT molecular complexity index is 573. The Morgan fingerprint density at radius 2 is 2.25 bits per heavy atom. The van der Waals surface area contributed by atoms with Gasteiger partial charge in [-0.05, 0) is 48.1 Å². The van der Waals surface area contributed by atoms with Crippen LogP contribution in [-0.4, -0.2) is 16.7 Å². The highest BCUT2D eigenvalue weighted by Gasteiger charge is 2.17. The van der Waals surface area contributed by atoms with Gasteiger partial charge in [-0.1, -0.05) is 29.4 Å². The van der Waals surface area contributed by atoms with Crippen molar-refractivity contribution in [1.82, 2.24) is 9.59 Å². The molecule has 1 unspecified atom stereocenters. The number of rotatable bonds is 6. The molecule has 1 heterocycles. The lowest BCUT2D eigenvalue weighted by molar-refractivity contribution is 0.408. The van der Waals surface area contributed by atoms with Gasteiger partial charge in [-0.3, -0.25) is 0 Å².